The van der Waals surface area contributed by atoms with Crippen molar-refractivity contribution in [1.82, 2.24) is 0 Å². The Morgan fingerprint density at radius 1 is 1.56 bits per heavy atom. The van der Waals surface area contributed by atoms with E-state index in [1.165, 1.54) is 11.8 Å². The Labute approximate surface area is 64.3 Å². The number of hydrogen-bond acceptors (Lipinski definition) is 3. The van der Waals surface area contributed by atoms with Crippen molar-refractivity contribution in [2.45, 2.75) is 0 Å². The molecule has 0 aromatic carbocycles. The summed E-state index contributed by atoms with van der Waals surface area (Å²) in [6, 6.07) is 0. The van der Waals surface area contributed by atoms with Crippen molar-refractivity contribution >= 4 is 29.8 Å². The zero-order valence-electron chi connectivity index (χ0n) is 5.59. The van der Waals surface area contributed by atoms with Crippen LogP contribution in [0.1, 0.15) is 0 Å². The topological polar surface area (TPSA) is 17.1 Å². The van der Waals surface area contributed by atoms with E-state index >= 15 is 0 Å². The summed E-state index contributed by atoms with van der Waals surface area (Å²) in [5.74, 6) is 0.926. The molecule has 0 aromatic rings. The Hall–Kier alpha value is 0.110. The minimum Gasteiger partial charge on any atom is -0.297 e. The molecule has 0 saturated carbocycles. The van der Waals surface area contributed by atoms with E-state index < -0.39 is 0 Å². The van der Waals surface area contributed by atoms with Gasteiger partial charge in [-0.25, -0.2) is 0 Å². The molecule has 0 fully saturated rings. The van der Waals surface area contributed by atoms with Gasteiger partial charge in [-0.3, -0.25) is 4.79 Å². The second kappa shape index (κ2) is 6.23. The third-order valence-corrected chi connectivity index (χ3v) is 2.04. The number of aldehydes is 1. The van der Waals surface area contributed by atoms with E-state index in [4.69, 9.17) is 0 Å². The van der Waals surface area contributed by atoms with Gasteiger partial charge in [0, 0.05) is 10.7 Å². The van der Waals surface area contributed by atoms with E-state index in [0.717, 1.165) is 16.9 Å². The van der Waals surface area contributed by atoms with E-state index in [9.17, 15) is 4.79 Å². The summed E-state index contributed by atoms with van der Waals surface area (Å²) >= 11 is 3.20. The van der Waals surface area contributed by atoms with Gasteiger partial charge < -0.3 is 0 Å². The van der Waals surface area contributed by atoms with E-state index in [2.05, 4.69) is 0 Å². The van der Waals surface area contributed by atoms with Gasteiger partial charge in [0.15, 0.2) is 6.29 Å². The van der Waals surface area contributed by atoms with Gasteiger partial charge in [0.2, 0.25) is 0 Å². The molecule has 9 heavy (non-hydrogen) atoms. The molecule has 1 nitrogen and oxygen atoms in total. The molecule has 52 valence electrons. The Bertz CT molecular complexity index is 110. The number of carbonyl (C=O) groups excluding carboxylic acids is 1. The van der Waals surface area contributed by atoms with Gasteiger partial charge in [-0.05, 0) is 12.5 Å². The molecule has 0 rings (SSSR count). The Balaban J connectivity index is 3.61. The van der Waals surface area contributed by atoms with E-state index in [0.29, 0.717) is 0 Å². The van der Waals surface area contributed by atoms with Crippen LogP contribution in [0.5, 0.6) is 0 Å². The molecule has 0 aromatic heterocycles. The molecule has 0 spiro atoms. The first-order valence-corrected chi connectivity index (χ1v) is 5.15. The van der Waals surface area contributed by atoms with Crippen LogP contribution in [0.25, 0.3) is 0 Å². The van der Waals surface area contributed by atoms with Crippen molar-refractivity contribution < 1.29 is 4.79 Å². The Morgan fingerprint density at radius 2 is 2.22 bits per heavy atom. The molecule has 0 radical (unpaired) electrons. The van der Waals surface area contributed by atoms with E-state index in [1.807, 2.05) is 18.6 Å². The molecule has 0 unspecified atom stereocenters. The minimum absolute atomic E-state index is 0.823. The third-order valence-electron chi connectivity index (χ3n) is 0.803. The highest BCUT2D eigenvalue weighted by Gasteiger charge is 1.87. The second-order valence-corrected chi connectivity index (χ2v) is 3.17. The summed E-state index contributed by atoms with van der Waals surface area (Å²) < 4.78 is 0. The van der Waals surface area contributed by atoms with Crippen molar-refractivity contribution in [1.29, 1.82) is 0 Å². The second-order valence-electron chi connectivity index (χ2n) is 1.38. The molecule has 0 bridgehead atoms. The van der Waals surface area contributed by atoms with Crippen LogP contribution in [-0.2, 0) is 4.79 Å². The average Bonchev–Trinajstić information content (AvgIpc) is 1.91. The molecular weight excluding hydrogens is 152 g/mol. The molecule has 0 N–H and O–H groups in total. The Morgan fingerprint density at radius 3 is 2.56 bits per heavy atom. The molecule has 3 heteroatoms. The minimum atomic E-state index is 0.823. The van der Waals surface area contributed by atoms with Crippen LogP contribution in [0.4, 0.5) is 0 Å². The van der Waals surface area contributed by atoms with Gasteiger partial charge in [0.05, 0.1) is 0 Å². The molecule has 0 heterocycles. The first-order chi connectivity index (χ1) is 4.35. The highest BCUT2D eigenvalue weighted by atomic mass is 32.2. The van der Waals surface area contributed by atoms with Crippen LogP contribution in [0.15, 0.2) is 11.0 Å². The number of carbonyl (C=O) groups is 1. The lowest BCUT2D eigenvalue weighted by molar-refractivity contribution is -0.104. The lowest BCUT2D eigenvalue weighted by atomic mass is 10.6. The lowest BCUT2D eigenvalue weighted by Crippen LogP contribution is -1.77. The molecule has 0 aliphatic carbocycles. The molecule has 0 aliphatic rings. The van der Waals surface area contributed by atoms with Gasteiger partial charge in [0.25, 0.3) is 0 Å². The van der Waals surface area contributed by atoms with Crippen molar-refractivity contribution in [3.05, 3.63) is 11.0 Å². The van der Waals surface area contributed by atoms with Crippen LogP contribution in [0.3, 0.4) is 0 Å². The lowest BCUT2D eigenvalue weighted by Gasteiger charge is -1.89. The average molecular weight is 162 g/mol. The summed E-state index contributed by atoms with van der Waals surface area (Å²) in [4.78, 5) is 11.0. The highest BCUT2D eigenvalue weighted by molar-refractivity contribution is 8.03. The molecular formula is C6H10OS2. The maximum absolute atomic E-state index is 10.1. The quantitative estimate of drug-likeness (QED) is 0.463. The fourth-order valence-electron chi connectivity index (χ4n) is 0.345. The maximum atomic E-state index is 10.1. The molecule has 0 atom stereocenters. The van der Waals surface area contributed by atoms with Crippen LogP contribution >= 0.6 is 23.5 Å². The first kappa shape index (κ1) is 9.11. The number of hydrogen-bond donors (Lipinski definition) is 0. The van der Waals surface area contributed by atoms with Gasteiger partial charge in [-0.2, -0.15) is 11.8 Å². The third kappa shape index (κ3) is 4.60. The summed E-state index contributed by atoms with van der Waals surface area (Å²) in [6.07, 6.45) is 6.74. The fourth-order valence-corrected chi connectivity index (χ4v) is 1.14. The summed E-state index contributed by atoms with van der Waals surface area (Å²) in [6.45, 7) is 0. The van der Waals surface area contributed by atoms with Crippen molar-refractivity contribution in [3.8, 4) is 0 Å². The van der Waals surface area contributed by atoms with Crippen molar-refractivity contribution in [2.24, 2.45) is 0 Å². The molecule has 0 saturated heterocycles. The monoisotopic (exact) mass is 162 g/mol. The standard InChI is InChI=1S/C6H10OS2/c1-8-4-3-6(5-7)9-2/h3,5H,4H2,1-2H3/b6-3-. The van der Waals surface area contributed by atoms with Crippen LogP contribution in [-0.4, -0.2) is 24.6 Å². The predicted octanol–water partition coefficient (Wildman–Crippen LogP) is 1.80. The van der Waals surface area contributed by atoms with Crippen molar-refractivity contribution in [3.63, 3.8) is 0 Å². The van der Waals surface area contributed by atoms with Crippen molar-refractivity contribution in [2.75, 3.05) is 18.3 Å². The molecule has 0 aliphatic heterocycles. The van der Waals surface area contributed by atoms with Crippen LogP contribution in [0.2, 0.25) is 0 Å². The summed E-state index contributed by atoms with van der Waals surface area (Å²) in [5, 5.41) is 0. The Kier molecular flexibility index (Phi) is 6.31. The first-order valence-electron chi connectivity index (χ1n) is 2.53. The highest BCUT2D eigenvalue weighted by Crippen LogP contribution is 2.08. The predicted molar refractivity (Wildman–Crippen MR) is 46.0 cm³/mol. The summed E-state index contributed by atoms with van der Waals surface area (Å²) in [7, 11) is 0. The van der Waals surface area contributed by atoms with Gasteiger partial charge >= 0.3 is 0 Å². The molecule has 0 amide bonds. The number of rotatable bonds is 4. The maximum Gasteiger partial charge on any atom is 0.156 e. The zero-order chi connectivity index (χ0) is 7.11. The normalized spacial score (nSPS) is 11.6. The SMILES string of the molecule is CSC/C=C(/C=O)SC. The number of allylic oxidation sites excluding steroid dienone is 1. The summed E-state index contributed by atoms with van der Waals surface area (Å²) in [5.41, 5.74) is 0. The van der Waals surface area contributed by atoms with E-state index in [-0.39, 0.29) is 0 Å². The largest absolute Gasteiger partial charge is 0.297 e. The van der Waals surface area contributed by atoms with Gasteiger partial charge in [-0.15, -0.1) is 11.8 Å². The van der Waals surface area contributed by atoms with Crippen LogP contribution < -0.4 is 0 Å². The van der Waals surface area contributed by atoms with Crippen LogP contribution in [0, 0.1) is 0 Å². The smallest absolute Gasteiger partial charge is 0.156 e. The van der Waals surface area contributed by atoms with Gasteiger partial charge in [0.1, 0.15) is 0 Å². The van der Waals surface area contributed by atoms with E-state index in [1.54, 1.807) is 11.8 Å². The number of thioether (sulfide) groups is 2. The van der Waals surface area contributed by atoms with Gasteiger partial charge in [-0.1, -0.05) is 6.08 Å². The fraction of sp³-hybridized carbons (Fsp3) is 0.500. The zero-order valence-corrected chi connectivity index (χ0v) is 7.22.